The fourth-order valence-corrected chi connectivity index (χ4v) is 3.98. The Morgan fingerprint density at radius 1 is 1.20 bits per heavy atom. The molecule has 1 aliphatic heterocycles. The van der Waals surface area contributed by atoms with Crippen molar-refractivity contribution in [1.29, 1.82) is 0 Å². The van der Waals surface area contributed by atoms with Gasteiger partial charge in [0.25, 0.3) is 5.56 Å². The molecule has 1 aromatic carbocycles. The standard InChI is InChI=1S/C23H29BrN2O4/c1-23(2,3)30-22(28)26-12-7-10-18(15-26)14-25-13-11-19(20(24)21(25)27)29-16-17-8-5-4-6-9-17/h4-6,8-9,11,13,18H,7,10,12,14-16H2,1-3H3. The number of pyridine rings is 1. The van der Waals surface area contributed by atoms with Crippen LogP contribution in [0, 0.1) is 5.92 Å². The first kappa shape index (κ1) is 22.4. The summed E-state index contributed by atoms with van der Waals surface area (Å²) in [5.41, 5.74) is 0.398. The summed E-state index contributed by atoms with van der Waals surface area (Å²) in [5.74, 6) is 0.728. The zero-order valence-electron chi connectivity index (χ0n) is 17.8. The van der Waals surface area contributed by atoms with Crippen molar-refractivity contribution in [2.45, 2.75) is 52.4 Å². The largest absolute Gasteiger partial charge is 0.487 e. The van der Waals surface area contributed by atoms with Crippen LogP contribution in [0.4, 0.5) is 4.79 Å². The van der Waals surface area contributed by atoms with Crippen LogP contribution in [-0.4, -0.2) is 34.3 Å². The lowest BCUT2D eigenvalue weighted by Gasteiger charge is -2.34. The third kappa shape index (κ3) is 6.11. The summed E-state index contributed by atoms with van der Waals surface area (Å²) in [4.78, 5) is 26.9. The molecule has 3 rings (SSSR count). The molecule has 162 valence electrons. The molecule has 7 heteroatoms. The molecule has 0 spiro atoms. The molecule has 0 N–H and O–H groups in total. The summed E-state index contributed by atoms with van der Waals surface area (Å²) in [6.07, 6.45) is 3.35. The summed E-state index contributed by atoms with van der Waals surface area (Å²) in [5, 5.41) is 0. The van der Waals surface area contributed by atoms with Gasteiger partial charge in [-0.25, -0.2) is 4.79 Å². The highest BCUT2D eigenvalue weighted by Gasteiger charge is 2.28. The molecule has 0 radical (unpaired) electrons. The topological polar surface area (TPSA) is 60.8 Å². The van der Waals surface area contributed by atoms with Gasteiger partial charge in [-0.2, -0.15) is 0 Å². The number of nitrogens with zero attached hydrogens (tertiary/aromatic N) is 2. The summed E-state index contributed by atoms with van der Waals surface area (Å²) < 4.78 is 13.4. The van der Waals surface area contributed by atoms with Crippen LogP contribution >= 0.6 is 15.9 Å². The number of carbonyl (C=O) groups is 1. The van der Waals surface area contributed by atoms with Crippen molar-refractivity contribution >= 4 is 22.0 Å². The van der Waals surface area contributed by atoms with E-state index in [2.05, 4.69) is 15.9 Å². The highest BCUT2D eigenvalue weighted by atomic mass is 79.9. The number of likely N-dealkylation sites (tertiary alicyclic amines) is 1. The lowest BCUT2D eigenvalue weighted by molar-refractivity contribution is 0.0156. The molecule has 2 heterocycles. The van der Waals surface area contributed by atoms with Crippen molar-refractivity contribution in [3.8, 4) is 5.75 Å². The maximum atomic E-state index is 12.8. The fourth-order valence-electron chi connectivity index (χ4n) is 3.51. The maximum absolute atomic E-state index is 12.8. The molecule has 1 saturated heterocycles. The Kier molecular flexibility index (Phi) is 7.23. The Bertz CT molecular complexity index is 921. The van der Waals surface area contributed by atoms with Crippen LogP contribution in [0.1, 0.15) is 39.2 Å². The predicted molar refractivity (Wildman–Crippen MR) is 120 cm³/mol. The first-order valence-corrected chi connectivity index (χ1v) is 11.1. The Morgan fingerprint density at radius 3 is 2.63 bits per heavy atom. The lowest BCUT2D eigenvalue weighted by Crippen LogP contribution is -2.44. The van der Waals surface area contributed by atoms with E-state index in [9.17, 15) is 9.59 Å². The fraction of sp³-hybridized carbons (Fsp3) is 0.478. The number of rotatable bonds is 5. The highest BCUT2D eigenvalue weighted by molar-refractivity contribution is 9.10. The predicted octanol–water partition coefficient (Wildman–Crippen LogP) is 4.84. The van der Waals surface area contributed by atoms with Gasteiger partial charge >= 0.3 is 6.09 Å². The number of carbonyl (C=O) groups excluding carboxylic acids is 1. The van der Waals surface area contributed by atoms with E-state index in [1.165, 1.54) is 0 Å². The number of hydrogen-bond acceptors (Lipinski definition) is 4. The average molecular weight is 477 g/mol. The molecule has 0 aliphatic carbocycles. The highest BCUT2D eigenvalue weighted by Crippen LogP contribution is 2.24. The van der Waals surface area contributed by atoms with Crippen LogP contribution in [0.2, 0.25) is 0 Å². The first-order valence-electron chi connectivity index (χ1n) is 10.3. The molecule has 1 atom stereocenters. The second-order valence-corrected chi connectivity index (χ2v) is 9.45. The SMILES string of the molecule is CC(C)(C)OC(=O)N1CCCC(Cn2ccc(OCc3ccccc3)c(Br)c2=O)C1. The minimum atomic E-state index is -0.512. The van der Waals surface area contributed by atoms with Gasteiger partial charge in [0.2, 0.25) is 0 Å². The Balaban J connectivity index is 1.63. The molecule has 0 bridgehead atoms. The van der Waals surface area contributed by atoms with Crippen molar-refractivity contribution in [3.63, 3.8) is 0 Å². The van der Waals surface area contributed by atoms with E-state index in [1.807, 2.05) is 57.2 Å². The van der Waals surface area contributed by atoms with Crippen LogP contribution < -0.4 is 10.3 Å². The number of piperidine rings is 1. The van der Waals surface area contributed by atoms with Crippen LogP contribution in [-0.2, 0) is 17.9 Å². The van der Waals surface area contributed by atoms with E-state index >= 15 is 0 Å². The summed E-state index contributed by atoms with van der Waals surface area (Å²) in [6, 6.07) is 11.6. The normalized spacial score (nSPS) is 16.9. The smallest absolute Gasteiger partial charge is 0.410 e. The minimum absolute atomic E-state index is 0.130. The van der Waals surface area contributed by atoms with Gasteiger partial charge in [0.05, 0.1) is 0 Å². The third-order valence-corrected chi connectivity index (χ3v) is 5.66. The van der Waals surface area contributed by atoms with Crippen LogP contribution in [0.15, 0.2) is 51.9 Å². The van der Waals surface area contributed by atoms with Gasteiger partial charge in [-0.1, -0.05) is 30.3 Å². The van der Waals surface area contributed by atoms with E-state index in [4.69, 9.17) is 9.47 Å². The van der Waals surface area contributed by atoms with Crippen molar-refractivity contribution in [1.82, 2.24) is 9.47 Å². The van der Waals surface area contributed by atoms with E-state index in [0.29, 0.717) is 36.5 Å². The monoisotopic (exact) mass is 476 g/mol. The van der Waals surface area contributed by atoms with E-state index in [0.717, 1.165) is 18.4 Å². The van der Waals surface area contributed by atoms with Gasteiger partial charge in [0.15, 0.2) is 0 Å². The molecular formula is C23H29BrN2O4. The van der Waals surface area contributed by atoms with E-state index < -0.39 is 5.60 Å². The van der Waals surface area contributed by atoms with Gasteiger partial charge in [-0.15, -0.1) is 0 Å². The molecule has 0 saturated carbocycles. The van der Waals surface area contributed by atoms with Crippen LogP contribution in [0.3, 0.4) is 0 Å². The Hall–Kier alpha value is -2.28. The second-order valence-electron chi connectivity index (χ2n) is 8.66. The summed E-state index contributed by atoms with van der Waals surface area (Å²) >= 11 is 3.39. The van der Waals surface area contributed by atoms with Gasteiger partial charge < -0.3 is 18.9 Å². The average Bonchev–Trinajstić information content (AvgIpc) is 2.71. The quantitative estimate of drug-likeness (QED) is 0.619. The van der Waals surface area contributed by atoms with Gasteiger partial charge in [0, 0.05) is 25.8 Å². The Morgan fingerprint density at radius 2 is 1.93 bits per heavy atom. The number of ether oxygens (including phenoxy) is 2. The number of benzene rings is 1. The zero-order chi connectivity index (χ0) is 21.7. The molecule has 1 amide bonds. The second kappa shape index (κ2) is 9.69. The van der Waals surface area contributed by atoms with E-state index in [-0.39, 0.29) is 17.6 Å². The molecular weight excluding hydrogens is 448 g/mol. The van der Waals surface area contributed by atoms with E-state index in [1.54, 1.807) is 15.7 Å². The lowest BCUT2D eigenvalue weighted by atomic mass is 9.98. The molecule has 30 heavy (non-hydrogen) atoms. The van der Waals surface area contributed by atoms with Crippen LogP contribution in [0.5, 0.6) is 5.75 Å². The minimum Gasteiger partial charge on any atom is -0.487 e. The number of aromatic nitrogens is 1. The third-order valence-electron chi connectivity index (χ3n) is 4.93. The zero-order valence-corrected chi connectivity index (χ0v) is 19.4. The number of hydrogen-bond donors (Lipinski definition) is 0. The number of halogens is 1. The van der Waals surface area contributed by atoms with Crippen molar-refractivity contribution in [2.24, 2.45) is 5.92 Å². The Labute approximate surface area is 185 Å². The van der Waals surface area contributed by atoms with Gasteiger partial charge in [-0.3, -0.25) is 4.79 Å². The van der Waals surface area contributed by atoms with Crippen molar-refractivity contribution in [3.05, 3.63) is 63.0 Å². The molecule has 1 aliphatic rings. The molecule has 6 nitrogen and oxygen atoms in total. The summed E-state index contributed by atoms with van der Waals surface area (Å²) in [7, 11) is 0. The molecule has 1 unspecified atom stereocenters. The van der Waals surface area contributed by atoms with Gasteiger partial charge in [-0.05, 0) is 67.1 Å². The van der Waals surface area contributed by atoms with Crippen molar-refractivity contribution in [2.75, 3.05) is 13.1 Å². The summed E-state index contributed by atoms with van der Waals surface area (Å²) in [6.45, 7) is 7.83. The van der Waals surface area contributed by atoms with Crippen molar-refractivity contribution < 1.29 is 14.3 Å². The van der Waals surface area contributed by atoms with Gasteiger partial charge in [0.1, 0.15) is 22.4 Å². The first-order chi connectivity index (χ1) is 14.2. The molecule has 1 aromatic heterocycles. The maximum Gasteiger partial charge on any atom is 0.410 e. The molecule has 1 fully saturated rings. The number of amides is 1. The molecule has 2 aromatic rings. The van der Waals surface area contributed by atoms with Crippen LogP contribution in [0.25, 0.3) is 0 Å².